The quantitative estimate of drug-likeness (QED) is 0.115. The zero-order chi connectivity index (χ0) is 41.7. The number of halogens is 18. The van der Waals surface area contributed by atoms with Gasteiger partial charge in [-0.05, 0) is 72.8 Å². The third-order valence-corrected chi connectivity index (χ3v) is 16.2. The minimum atomic E-state index is -2.05. The Bertz CT molecular complexity index is 1320. The van der Waals surface area contributed by atoms with E-state index in [1.807, 2.05) is 36.4 Å². The second-order valence-corrected chi connectivity index (χ2v) is 17.7. The largest absolute Gasteiger partial charge is 1.00 e. The highest BCUT2D eigenvalue weighted by molar-refractivity contribution is 15.0. The van der Waals surface area contributed by atoms with Gasteiger partial charge in [0.1, 0.15) is 54.3 Å². The van der Waals surface area contributed by atoms with E-state index < -0.39 is 13.2 Å². The molecule has 0 aromatic heterocycles. The maximum absolute atomic E-state index is 7.23. The monoisotopic (exact) mass is 2440 g/mol. The molecule has 0 atom stereocenters. The summed E-state index contributed by atoms with van der Waals surface area (Å²) in [4.78, 5) is 0. The Hall–Kier alpha value is 7.56. The van der Waals surface area contributed by atoms with Gasteiger partial charge in [-0.2, -0.15) is 0 Å². The molecule has 0 N–H and O–H groups in total. The smallest absolute Gasteiger partial charge is 0.210 e. The summed E-state index contributed by atoms with van der Waals surface area (Å²) in [5.41, 5.74) is 0. The molecule has 56 heavy (non-hydrogen) atoms. The molecule has 0 unspecified atom stereocenters. The maximum atomic E-state index is 7.23. The zero-order valence-corrected chi connectivity index (χ0v) is 63.0. The SMILES string of the molecule is Cl[P+](c1ccccc1)(c1ccccc1)c1ccccc1.Cl[P+](c1ccccc1)(c1ccccc1)c1ccccc1.II.II.II.II.II.II.II.[Cl-].[Cl-]. The molecule has 0 heterocycles. The maximum Gasteiger partial charge on any atom is 0.210 e. The van der Waals surface area contributed by atoms with Crippen LogP contribution in [-0.4, -0.2) is 0 Å². The van der Waals surface area contributed by atoms with Crippen molar-refractivity contribution in [3.8, 4) is 0 Å². The Labute approximate surface area is 521 Å². The van der Waals surface area contributed by atoms with Crippen LogP contribution in [0.25, 0.3) is 0 Å². The van der Waals surface area contributed by atoms with Crippen molar-refractivity contribution < 1.29 is 24.8 Å². The Balaban J connectivity index is -0.000000230. The second-order valence-electron chi connectivity index (χ2n) is 9.19. The molecule has 0 bridgehead atoms. The van der Waals surface area contributed by atoms with Crippen molar-refractivity contribution in [1.29, 1.82) is 0 Å². The molecule has 0 saturated carbocycles. The molecule has 6 rings (SSSR count). The van der Waals surface area contributed by atoms with E-state index in [9.17, 15) is 0 Å². The summed E-state index contributed by atoms with van der Waals surface area (Å²) in [6.45, 7) is -4.11. The molecule has 0 aliphatic heterocycles. The van der Waals surface area contributed by atoms with E-state index in [-0.39, 0.29) is 24.8 Å². The van der Waals surface area contributed by atoms with Gasteiger partial charge < -0.3 is 24.8 Å². The molecule has 6 aromatic rings. The van der Waals surface area contributed by atoms with Gasteiger partial charge in [0.2, 0.25) is 13.2 Å². The molecular weight excluding hydrogens is 2410 g/mol. The van der Waals surface area contributed by atoms with Gasteiger partial charge in [-0.25, -0.2) is 0 Å². The predicted octanol–water partition coefficient (Wildman–Crippen LogP) is 14.7. The molecule has 0 spiro atoms. The van der Waals surface area contributed by atoms with Gasteiger partial charge in [-0.15, -0.1) is 0 Å². The van der Waals surface area contributed by atoms with Crippen LogP contribution in [0.3, 0.4) is 0 Å². The summed E-state index contributed by atoms with van der Waals surface area (Å²) in [5.74, 6) is 0. The Morgan fingerprint density at radius 1 is 0.214 bits per heavy atom. The van der Waals surface area contributed by atoms with Crippen LogP contribution in [0.5, 0.6) is 0 Å². The fraction of sp³-hybridized carbons (Fsp3) is 0. The van der Waals surface area contributed by atoms with Crippen LogP contribution in [0.1, 0.15) is 0 Å². The lowest BCUT2D eigenvalue weighted by Crippen LogP contribution is -3.00. The summed E-state index contributed by atoms with van der Waals surface area (Å²) in [6, 6.07) is 62.3. The third-order valence-electron chi connectivity index (χ3n) is 6.67. The fourth-order valence-corrected chi connectivity index (χ4v) is 12.0. The molecule has 20 heteroatoms. The van der Waals surface area contributed by atoms with Crippen molar-refractivity contribution in [1.82, 2.24) is 0 Å². The van der Waals surface area contributed by atoms with Crippen molar-refractivity contribution in [3.05, 3.63) is 182 Å². The number of rotatable bonds is 6. The van der Waals surface area contributed by atoms with Crippen LogP contribution in [0, 0.1) is 0 Å². The van der Waals surface area contributed by atoms with E-state index in [0.29, 0.717) is 0 Å². The molecule has 0 radical (unpaired) electrons. The molecule has 0 fully saturated rings. The van der Waals surface area contributed by atoms with Gasteiger partial charge in [0.05, 0.1) is 0 Å². The van der Waals surface area contributed by atoms with Gasteiger partial charge in [-0.3, -0.25) is 0 Å². The Morgan fingerprint density at radius 2 is 0.304 bits per heavy atom. The van der Waals surface area contributed by atoms with Crippen LogP contribution in [-0.2, 0) is 0 Å². The van der Waals surface area contributed by atoms with Crippen LogP contribution in [0.4, 0.5) is 0 Å². The van der Waals surface area contributed by atoms with E-state index >= 15 is 0 Å². The van der Waals surface area contributed by atoms with Gasteiger partial charge in [0.15, 0.2) is 0 Å². The topological polar surface area (TPSA) is 0 Å². The first-order valence-electron chi connectivity index (χ1n) is 14.1. The standard InChI is InChI=1S/2C18H15ClP.2ClH.7I2/c2*19-20(16-10-4-1-5-11-16,17-12-6-2-7-13-17)18-14-8-3-9-15-18;;;7*1-2/h2*1-15H;2*1H;;;;;;;/q2*+1;;;;;;;;;/p-2. The van der Waals surface area contributed by atoms with Gasteiger partial charge in [-0.1, -0.05) is 109 Å². The highest BCUT2D eigenvalue weighted by Crippen LogP contribution is 2.61. The van der Waals surface area contributed by atoms with E-state index in [1.54, 1.807) is 0 Å². The van der Waals surface area contributed by atoms with E-state index in [1.165, 1.54) is 31.8 Å². The number of hydrogen-bond acceptors (Lipinski definition) is 0. The summed E-state index contributed by atoms with van der Waals surface area (Å²) in [6.07, 6.45) is 0. The first-order valence-corrected chi connectivity index (χ1v) is 63.5. The normalized spacial score (nSPS) is 8.79. The van der Waals surface area contributed by atoms with E-state index in [0.717, 1.165) is 0 Å². The summed E-state index contributed by atoms with van der Waals surface area (Å²) in [7, 11) is 0. The molecular formula is C36H30Cl4I14P2. The molecule has 0 nitrogen and oxygen atoms in total. The average Bonchev–Trinajstić information content (AvgIpc) is 3.32. The lowest BCUT2D eigenvalue weighted by molar-refractivity contribution is -0.00100. The zero-order valence-electron chi connectivity index (χ0n) is 28.0. The lowest BCUT2D eigenvalue weighted by atomic mass is 10.4. The second kappa shape index (κ2) is 51.9. The van der Waals surface area contributed by atoms with E-state index in [4.69, 9.17) is 22.5 Å². The van der Waals surface area contributed by atoms with Crippen LogP contribution in [0.2, 0.25) is 0 Å². The predicted molar refractivity (Wildman–Crippen MR) is 378 cm³/mol. The van der Waals surface area contributed by atoms with Gasteiger partial charge in [0.25, 0.3) is 0 Å². The molecule has 0 saturated heterocycles. The van der Waals surface area contributed by atoms with E-state index in [2.05, 4.69) is 406 Å². The highest BCUT2D eigenvalue weighted by atomic mass is 128. The molecule has 0 aliphatic carbocycles. The average molecular weight is 2440 g/mol. The van der Waals surface area contributed by atoms with Gasteiger partial charge in [0, 0.05) is 261 Å². The highest BCUT2D eigenvalue weighted by Gasteiger charge is 2.45. The Kier molecular flexibility index (Phi) is 67.3. The number of hydrogen-bond donors (Lipinski definition) is 0. The van der Waals surface area contributed by atoms with Crippen molar-refractivity contribution in [2.45, 2.75) is 0 Å². The lowest BCUT2D eigenvalue weighted by Gasteiger charge is -2.18. The molecule has 0 aliphatic rings. The molecule has 6 aromatic carbocycles. The van der Waals surface area contributed by atoms with Gasteiger partial charge >= 0.3 is 0 Å². The summed E-state index contributed by atoms with van der Waals surface area (Å²) < 4.78 is 0. The van der Waals surface area contributed by atoms with Crippen LogP contribution >= 0.6 is 296 Å². The first kappa shape index (κ1) is 72.5. The van der Waals surface area contributed by atoms with Crippen molar-refractivity contribution in [2.75, 3.05) is 0 Å². The van der Waals surface area contributed by atoms with Crippen molar-refractivity contribution >= 4 is 328 Å². The van der Waals surface area contributed by atoms with Crippen LogP contribution in [0.15, 0.2) is 182 Å². The molecule has 310 valence electrons. The van der Waals surface area contributed by atoms with Crippen molar-refractivity contribution in [2.24, 2.45) is 0 Å². The van der Waals surface area contributed by atoms with Crippen molar-refractivity contribution in [3.63, 3.8) is 0 Å². The van der Waals surface area contributed by atoms with Crippen LogP contribution < -0.4 is 56.6 Å². The third kappa shape index (κ3) is 26.9. The summed E-state index contributed by atoms with van der Waals surface area (Å²) in [5, 5.41) is 7.16. The fourth-order valence-electron chi connectivity index (χ4n) is 4.69. The number of benzene rings is 6. The minimum Gasteiger partial charge on any atom is -1.00 e. The summed E-state index contributed by atoms with van der Waals surface area (Å²) >= 11 is 44.1. The minimum absolute atomic E-state index is 0. The first-order chi connectivity index (χ1) is 26.6. The Morgan fingerprint density at radius 3 is 0.393 bits per heavy atom. The molecule has 0 amide bonds.